The summed E-state index contributed by atoms with van der Waals surface area (Å²) >= 11 is 0. The molecule has 0 aromatic heterocycles. The fraction of sp³-hybridized carbons (Fsp3) is 0.133. The van der Waals surface area contributed by atoms with Crippen LogP contribution in [-0.2, 0) is 4.74 Å². The molecule has 98 valence electrons. The molecule has 0 radical (unpaired) electrons. The maximum atomic E-state index is 13.4. The van der Waals surface area contributed by atoms with Crippen LogP contribution >= 0.6 is 0 Å². The van der Waals surface area contributed by atoms with E-state index in [9.17, 15) is 13.6 Å². The molecule has 2 nitrogen and oxygen atoms in total. The minimum atomic E-state index is -1.19. The standard InChI is InChI=1S/C15H12F2O2/c1-10(11-6-3-2-4-7-11)19-15(18)12-8-5-9-13(16)14(12)17/h2-10H,1H3. The molecule has 2 aromatic carbocycles. The highest BCUT2D eigenvalue weighted by atomic mass is 19.2. The molecule has 0 aliphatic rings. The zero-order valence-corrected chi connectivity index (χ0v) is 10.3. The number of benzene rings is 2. The van der Waals surface area contributed by atoms with E-state index in [2.05, 4.69) is 0 Å². The van der Waals surface area contributed by atoms with Crippen LogP contribution in [0.3, 0.4) is 0 Å². The Labute approximate surface area is 109 Å². The maximum absolute atomic E-state index is 13.4. The summed E-state index contributed by atoms with van der Waals surface area (Å²) in [5.74, 6) is -3.14. The van der Waals surface area contributed by atoms with E-state index in [-0.39, 0.29) is 0 Å². The predicted octanol–water partition coefficient (Wildman–Crippen LogP) is 3.88. The molecule has 19 heavy (non-hydrogen) atoms. The Bertz CT molecular complexity index is 582. The number of hydrogen-bond acceptors (Lipinski definition) is 2. The molecule has 0 bridgehead atoms. The Hall–Kier alpha value is -2.23. The second kappa shape index (κ2) is 5.61. The first-order valence-electron chi connectivity index (χ1n) is 5.79. The van der Waals surface area contributed by atoms with E-state index in [4.69, 9.17) is 4.74 Å². The maximum Gasteiger partial charge on any atom is 0.341 e. The molecule has 0 N–H and O–H groups in total. The Kier molecular flexibility index (Phi) is 3.90. The minimum Gasteiger partial charge on any atom is -0.454 e. The van der Waals surface area contributed by atoms with E-state index < -0.39 is 29.3 Å². The first-order chi connectivity index (χ1) is 9.09. The summed E-state index contributed by atoms with van der Waals surface area (Å²) in [5, 5.41) is 0. The van der Waals surface area contributed by atoms with Gasteiger partial charge < -0.3 is 4.74 Å². The van der Waals surface area contributed by atoms with Crippen LogP contribution in [0.2, 0.25) is 0 Å². The topological polar surface area (TPSA) is 26.3 Å². The van der Waals surface area contributed by atoms with Crippen LogP contribution in [0.1, 0.15) is 28.9 Å². The fourth-order valence-corrected chi connectivity index (χ4v) is 1.68. The molecule has 1 atom stereocenters. The van der Waals surface area contributed by atoms with Gasteiger partial charge in [0.15, 0.2) is 11.6 Å². The Morgan fingerprint density at radius 3 is 2.42 bits per heavy atom. The summed E-state index contributed by atoms with van der Waals surface area (Å²) in [6.07, 6.45) is -0.531. The minimum absolute atomic E-state index is 0.400. The van der Waals surface area contributed by atoms with E-state index in [0.717, 1.165) is 11.6 Å². The van der Waals surface area contributed by atoms with Crippen LogP contribution in [0.5, 0.6) is 0 Å². The van der Waals surface area contributed by atoms with Crippen molar-refractivity contribution < 1.29 is 18.3 Å². The molecule has 0 aliphatic carbocycles. The first kappa shape index (κ1) is 13.2. The molecular formula is C15H12F2O2. The fourth-order valence-electron chi connectivity index (χ4n) is 1.68. The molecule has 0 spiro atoms. The van der Waals surface area contributed by atoms with E-state index >= 15 is 0 Å². The molecule has 0 aliphatic heterocycles. The zero-order valence-electron chi connectivity index (χ0n) is 10.3. The number of hydrogen-bond donors (Lipinski definition) is 0. The third-order valence-corrected chi connectivity index (χ3v) is 2.72. The van der Waals surface area contributed by atoms with Gasteiger partial charge in [-0.3, -0.25) is 0 Å². The summed E-state index contributed by atoms with van der Waals surface area (Å²) in [6, 6.07) is 12.4. The van der Waals surface area contributed by atoms with Crippen molar-refractivity contribution in [3.63, 3.8) is 0 Å². The second-order valence-corrected chi connectivity index (χ2v) is 4.06. The number of esters is 1. The molecule has 0 saturated heterocycles. The first-order valence-corrected chi connectivity index (χ1v) is 5.79. The van der Waals surface area contributed by atoms with Crippen molar-refractivity contribution >= 4 is 5.97 Å². The number of carbonyl (C=O) groups excluding carboxylic acids is 1. The Morgan fingerprint density at radius 1 is 1.05 bits per heavy atom. The van der Waals surface area contributed by atoms with E-state index in [1.807, 2.05) is 18.2 Å². The quantitative estimate of drug-likeness (QED) is 0.784. The lowest BCUT2D eigenvalue weighted by atomic mass is 10.1. The molecular weight excluding hydrogens is 250 g/mol. The van der Waals surface area contributed by atoms with E-state index in [1.165, 1.54) is 12.1 Å². The van der Waals surface area contributed by atoms with Crippen LogP contribution in [0, 0.1) is 11.6 Å². The van der Waals surface area contributed by atoms with Crippen LogP contribution in [0.15, 0.2) is 48.5 Å². The number of ether oxygens (including phenoxy) is 1. The largest absolute Gasteiger partial charge is 0.454 e. The van der Waals surface area contributed by atoms with Crippen molar-refractivity contribution in [3.8, 4) is 0 Å². The molecule has 4 heteroatoms. The molecule has 0 amide bonds. The van der Waals surface area contributed by atoms with E-state index in [0.29, 0.717) is 0 Å². The third kappa shape index (κ3) is 2.96. The highest BCUT2D eigenvalue weighted by molar-refractivity contribution is 5.89. The summed E-state index contributed by atoms with van der Waals surface area (Å²) < 4.78 is 31.6. The molecule has 0 heterocycles. The molecule has 2 aromatic rings. The average Bonchev–Trinajstić information content (AvgIpc) is 2.42. The summed E-state index contributed by atoms with van der Waals surface area (Å²) in [6.45, 7) is 1.67. The van der Waals surface area contributed by atoms with Gasteiger partial charge in [-0.05, 0) is 24.6 Å². The van der Waals surface area contributed by atoms with Gasteiger partial charge in [-0.15, -0.1) is 0 Å². The molecule has 0 fully saturated rings. The van der Waals surface area contributed by atoms with Gasteiger partial charge >= 0.3 is 5.97 Å². The lowest BCUT2D eigenvalue weighted by molar-refractivity contribution is 0.0331. The van der Waals surface area contributed by atoms with Crippen molar-refractivity contribution in [2.45, 2.75) is 13.0 Å². The number of rotatable bonds is 3. The van der Waals surface area contributed by atoms with Gasteiger partial charge in [-0.2, -0.15) is 0 Å². The molecule has 1 unspecified atom stereocenters. The SMILES string of the molecule is CC(OC(=O)c1cccc(F)c1F)c1ccccc1. The highest BCUT2D eigenvalue weighted by Gasteiger charge is 2.19. The average molecular weight is 262 g/mol. The number of halogens is 2. The van der Waals surface area contributed by atoms with Crippen LogP contribution in [-0.4, -0.2) is 5.97 Å². The lowest BCUT2D eigenvalue weighted by Gasteiger charge is -2.13. The summed E-state index contributed by atoms with van der Waals surface area (Å²) in [4.78, 5) is 11.8. The van der Waals surface area contributed by atoms with Crippen LogP contribution in [0.4, 0.5) is 8.78 Å². The smallest absolute Gasteiger partial charge is 0.341 e. The van der Waals surface area contributed by atoms with E-state index in [1.54, 1.807) is 19.1 Å². The normalized spacial score (nSPS) is 11.9. The lowest BCUT2D eigenvalue weighted by Crippen LogP contribution is -2.11. The van der Waals surface area contributed by atoms with Gasteiger partial charge in [0.2, 0.25) is 0 Å². The zero-order chi connectivity index (χ0) is 13.8. The third-order valence-electron chi connectivity index (χ3n) is 2.72. The monoisotopic (exact) mass is 262 g/mol. The molecule has 0 saturated carbocycles. The van der Waals surface area contributed by atoms with Crippen molar-refractivity contribution in [2.75, 3.05) is 0 Å². The van der Waals surface area contributed by atoms with Crippen molar-refractivity contribution in [3.05, 3.63) is 71.3 Å². The van der Waals surface area contributed by atoms with Gasteiger partial charge in [0.05, 0.1) is 5.56 Å². The molecule has 2 rings (SSSR count). The van der Waals surface area contributed by atoms with Gasteiger partial charge in [-0.25, -0.2) is 13.6 Å². The van der Waals surface area contributed by atoms with Crippen LogP contribution < -0.4 is 0 Å². The van der Waals surface area contributed by atoms with Gasteiger partial charge in [-0.1, -0.05) is 36.4 Å². The summed E-state index contributed by atoms with van der Waals surface area (Å²) in [7, 11) is 0. The Balaban J connectivity index is 2.16. The Morgan fingerprint density at radius 2 is 1.74 bits per heavy atom. The van der Waals surface area contributed by atoms with Gasteiger partial charge in [0.25, 0.3) is 0 Å². The van der Waals surface area contributed by atoms with Gasteiger partial charge in [0.1, 0.15) is 6.10 Å². The van der Waals surface area contributed by atoms with Crippen molar-refractivity contribution in [2.24, 2.45) is 0 Å². The predicted molar refractivity (Wildman–Crippen MR) is 66.6 cm³/mol. The number of carbonyl (C=O) groups is 1. The van der Waals surface area contributed by atoms with Gasteiger partial charge in [0, 0.05) is 0 Å². The highest BCUT2D eigenvalue weighted by Crippen LogP contribution is 2.20. The summed E-state index contributed by atoms with van der Waals surface area (Å²) in [5.41, 5.74) is 0.385. The van der Waals surface area contributed by atoms with Crippen molar-refractivity contribution in [1.29, 1.82) is 0 Å². The van der Waals surface area contributed by atoms with Crippen molar-refractivity contribution in [1.82, 2.24) is 0 Å². The van der Waals surface area contributed by atoms with Crippen LogP contribution in [0.25, 0.3) is 0 Å². The second-order valence-electron chi connectivity index (χ2n) is 4.06.